The zero-order valence-electron chi connectivity index (χ0n) is 29.5. The van der Waals surface area contributed by atoms with E-state index < -0.39 is 17.4 Å². The quantitative estimate of drug-likeness (QED) is 0.0611. The van der Waals surface area contributed by atoms with Crippen molar-refractivity contribution in [2.45, 2.75) is 88.2 Å². The van der Waals surface area contributed by atoms with Gasteiger partial charge in [0.25, 0.3) is 0 Å². The fourth-order valence-corrected chi connectivity index (χ4v) is 8.18. The molecule has 2 heterocycles. The van der Waals surface area contributed by atoms with Crippen LogP contribution in [0.3, 0.4) is 0 Å². The van der Waals surface area contributed by atoms with Crippen LogP contribution in [0.5, 0.6) is 0 Å². The van der Waals surface area contributed by atoms with Crippen LogP contribution < -0.4 is 11.5 Å². The smallest absolute Gasteiger partial charge is 0.321 e. The van der Waals surface area contributed by atoms with Gasteiger partial charge in [-0.2, -0.15) is 0 Å². The fourth-order valence-electron chi connectivity index (χ4n) is 8.18. The van der Waals surface area contributed by atoms with Crippen molar-refractivity contribution < 1.29 is 19.0 Å². The third kappa shape index (κ3) is 7.24. The van der Waals surface area contributed by atoms with Crippen molar-refractivity contribution >= 4 is 17.6 Å². The largest absolute Gasteiger partial charge is 0.398 e. The molecule has 4 aromatic carbocycles. The predicted molar refractivity (Wildman–Crippen MR) is 199 cm³/mol. The third-order valence-corrected chi connectivity index (χ3v) is 10.6. The number of urea groups is 1. The number of anilines is 1. The molecule has 0 bridgehead atoms. The van der Waals surface area contributed by atoms with Crippen LogP contribution in [0.2, 0.25) is 0 Å². The molecule has 1 saturated carbocycles. The normalized spacial score (nSPS) is 25.1. The third-order valence-electron chi connectivity index (χ3n) is 10.6. The van der Waals surface area contributed by atoms with Gasteiger partial charge in [-0.1, -0.05) is 97.1 Å². The van der Waals surface area contributed by atoms with Gasteiger partial charge >= 0.3 is 6.03 Å². The number of nitrogens with zero attached hydrogens (tertiary/aromatic N) is 2. The van der Waals surface area contributed by atoms with Crippen LogP contribution in [0.4, 0.5) is 10.5 Å². The van der Waals surface area contributed by atoms with Crippen LogP contribution >= 0.6 is 0 Å². The van der Waals surface area contributed by atoms with Crippen molar-refractivity contribution in [2.24, 2.45) is 5.73 Å². The summed E-state index contributed by atoms with van der Waals surface area (Å²) in [4.78, 5) is 19.5. The first-order valence-corrected chi connectivity index (χ1v) is 18.0. The number of amides is 2. The van der Waals surface area contributed by atoms with Crippen LogP contribution in [-0.4, -0.2) is 64.4 Å². The molecule has 3 fully saturated rings. The van der Waals surface area contributed by atoms with Gasteiger partial charge in [0.05, 0.1) is 18.2 Å². The van der Waals surface area contributed by atoms with E-state index in [-0.39, 0.29) is 29.9 Å². The lowest BCUT2D eigenvalue weighted by atomic mass is 9.90. The minimum Gasteiger partial charge on any atom is -0.398 e. The maximum atomic E-state index is 15.4. The van der Waals surface area contributed by atoms with Crippen LogP contribution in [0, 0.1) is 5.41 Å². The summed E-state index contributed by atoms with van der Waals surface area (Å²) in [5, 5.41) is 8.13. The highest BCUT2D eigenvalue weighted by Gasteiger charge is 2.72. The van der Waals surface area contributed by atoms with Crippen LogP contribution in [0.1, 0.15) is 66.8 Å². The van der Waals surface area contributed by atoms with Gasteiger partial charge in [-0.15, -0.1) is 0 Å². The summed E-state index contributed by atoms with van der Waals surface area (Å²) >= 11 is 0. The van der Waals surface area contributed by atoms with Crippen LogP contribution in [-0.2, 0) is 33.8 Å². The van der Waals surface area contributed by atoms with Crippen molar-refractivity contribution in [1.29, 1.82) is 5.41 Å². The zero-order valence-corrected chi connectivity index (χ0v) is 29.5. The first kappa shape index (κ1) is 34.7. The Bertz CT molecular complexity index is 1820. The number of unbranched alkanes of at least 4 members (excludes halogenated alkanes) is 1. The molecule has 2 saturated heterocycles. The standard InChI is InChI=1S/C42H49N5O4/c1-41(2)50-37-36(25-29-14-6-3-7-15-29)46(27-31-20-21-35(43)33(24-31)39(44)45)40(48)47(22-12-13-23-49-28-30-16-8-4-9-17-30)42(38(37)51-41)26-34(42)32-18-10-5-11-19-32/h3-11,14-21,24,34,36-38H,12-13,22-23,25-28,43H2,1-2H3,(H3,44,45)/t34?,36-,37+,38-,42?/m1/s1. The Labute approximate surface area is 301 Å². The zero-order chi connectivity index (χ0) is 35.6. The van der Waals surface area contributed by atoms with Crippen molar-refractivity contribution in [1.82, 2.24) is 9.80 Å². The number of benzene rings is 4. The molecule has 2 amide bonds. The van der Waals surface area contributed by atoms with E-state index in [0.717, 1.165) is 36.0 Å². The molecule has 266 valence electrons. The highest BCUT2D eigenvalue weighted by atomic mass is 16.8. The van der Waals surface area contributed by atoms with Crippen molar-refractivity contribution in [3.8, 4) is 0 Å². The molecule has 1 aliphatic carbocycles. The van der Waals surface area contributed by atoms with E-state index in [1.807, 2.05) is 73.3 Å². The van der Waals surface area contributed by atoms with Gasteiger partial charge in [-0.3, -0.25) is 5.41 Å². The summed E-state index contributed by atoms with van der Waals surface area (Å²) in [6.07, 6.45) is 2.23. The number of carbonyl (C=O) groups excluding carboxylic acids is 1. The molecule has 0 aromatic heterocycles. The molecule has 9 nitrogen and oxygen atoms in total. The molecule has 2 unspecified atom stereocenters. The van der Waals surface area contributed by atoms with Gasteiger partial charge < -0.3 is 35.5 Å². The lowest BCUT2D eigenvalue weighted by molar-refractivity contribution is -0.159. The molecule has 7 rings (SSSR count). The number of carbonyl (C=O) groups is 1. The van der Waals surface area contributed by atoms with E-state index in [2.05, 4.69) is 53.4 Å². The minimum atomic E-state index is -0.840. The van der Waals surface area contributed by atoms with Gasteiger partial charge in [-0.05, 0) is 73.9 Å². The molecule has 4 aromatic rings. The number of nitrogens with two attached hydrogens (primary N) is 2. The number of hydrogen-bond donors (Lipinski definition) is 3. The van der Waals surface area contributed by atoms with Gasteiger partial charge in [0.2, 0.25) is 0 Å². The van der Waals surface area contributed by atoms with Gasteiger partial charge in [-0.25, -0.2) is 4.79 Å². The number of nitrogens with one attached hydrogen (secondary N) is 1. The Hall–Kier alpha value is -4.70. The molecule has 9 heteroatoms. The van der Waals surface area contributed by atoms with E-state index in [1.165, 1.54) is 5.56 Å². The maximum absolute atomic E-state index is 15.4. The summed E-state index contributed by atoms with van der Waals surface area (Å²) in [5.41, 5.74) is 16.7. The van der Waals surface area contributed by atoms with E-state index in [1.54, 1.807) is 6.07 Å². The molecule has 51 heavy (non-hydrogen) atoms. The predicted octanol–water partition coefficient (Wildman–Crippen LogP) is 6.85. The number of fused-ring (bicyclic) bond motifs is 2. The molecule has 5 N–H and O–H groups in total. The number of amidine groups is 1. The Morgan fingerprint density at radius 2 is 1.55 bits per heavy atom. The van der Waals surface area contributed by atoms with Crippen LogP contribution in [0.15, 0.2) is 109 Å². The average Bonchev–Trinajstić information content (AvgIpc) is 3.80. The molecule has 5 atom stereocenters. The van der Waals surface area contributed by atoms with Crippen molar-refractivity contribution in [3.05, 3.63) is 137 Å². The number of rotatable bonds is 13. The van der Waals surface area contributed by atoms with Gasteiger partial charge in [0.15, 0.2) is 5.79 Å². The number of ether oxygens (including phenoxy) is 3. The molecular weight excluding hydrogens is 638 g/mol. The van der Waals surface area contributed by atoms with E-state index in [4.69, 9.17) is 31.1 Å². The van der Waals surface area contributed by atoms with E-state index in [9.17, 15) is 0 Å². The second-order valence-corrected chi connectivity index (χ2v) is 14.6. The molecule has 3 aliphatic rings. The molecule has 1 spiro atoms. The Morgan fingerprint density at radius 1 is 0.882 bits per heavy atom. The SMILES string of the molecule is CC1(C)O[C@H]2[C@@H](Cc3ccccc3)N(Cc3ccc(N)c(C(=N)N)c3)C(=O)N(CCCCOCc3ccccc3)C3(CC3c3ccccc3)[C@@H]2O1. The molecule has 0 radical (unpaired) electrons. The average molecular weight is 688 g/mol. The second kappa shape index (κ2) is 14.5. The first-order valence-electron chi connectivity index (χ1n) is 18.0. The Morgan fingerprint density at radius 3 is 2.24 bits per heavy atom. The Balaban J connectivity index is 1.26. The van der Waals surface area contributed by atoms with E-state index in [0.29, 0.717) is 44.0 Å². The summed E-state index contributed by atoms with van der Waals surface area (Å²) < 4.78 is 19.9. The highest BCUT2D eigenvalue weighted by molar-refractivity contribution is 6.00. The number of nitrogen functional groups attached to an aromatic ring is 2. The fraction of sp³-hybridized carbons (Fsp3) is 0.381. The number of hydrogen-bond acceptors (Lipinski definition) is 6. The highest BCUT2D eigenvalue weighted by Crippen LogP contribution is 2.63. The van der Waals surface area contributed by atoms with Gasteiger partial charge in [0.1, 0.15) is 18.0 Å². The maximum Gasteiger partial charge on any atom is 0.321 e. The lowest BCUT2D eigenvalue weighted by Gasteiger charge is -2.38. The summed E-state index contributed by atoms with van der Waals surface area (Å²) in [6, 6.07) is 36.1. The van der Waals surface area contributed by atoms with Crippen molar-refractivity contribution in [3.63, 3.8) is 0 Å². The first-order chi connectivity index (χ1) is 24.7. The molecular formula is C42H49N5O4. The topological polar surface area (TPSA) is 127 Å². The lowest BCUT2D eigenvalue weighted by Crippen LogP contribution is -2.53. The second-order valence-electron chi connectivity index (χ2n) is 14.6. The summed E-state index contributed by atoms with van der Waals surface area (Å²) in [6.45, 7) is 5.98. The van der Waals surface area contributed by atoms with E-state index >= 15 is 4.79 Å². The van der Waals surface area contributed by atoms with Crippen LogP contribution in [0.25, 0.3) is 0 Å². The molecule has 2 aliphatic heterocycles. The Kier molecular flexibility index (Phi) is 9.88. The van der Waals surface area contributed by atoms with Gasteiger partial charge in [0, 0.05) is 36.9 Å². The minimum absolute atomic E-state index is 0.0415. The summed E-state index contributed by atoms with van der Waals surface area (Å²) in [7, 11) is 0. The summed E-state index contributed by atoms with van der Waals surface area (Å²) in [5.74, 6) is -0.849. The monoisotopic (exact) mass is 687 g/mol. The van der Waals surface area contributed by atoms with Crippen molar-refractivity contribution in [2.75, 3.05) is 18.9 Å².